The predicted molar refractivity (Wildman–Crippen MR) is 93.3 cm³/mol. The number of aromatic hydroxyl groups is 1. The number of hydrogen-bond donors (Lipinski definition) is 1. The molecule has 0 saturated carbocycles. The molecule has 6 heteroatoms. The van der Waals surface area contributed by atoms with Gasteiger partial charge in [-0.1, -0.05) is 18.2 Å². The van der Waals surface area contributed by atoms with Crippen LogP contribution in [0.25, 0.3) is 10.9 Å². The molecule has 0 atom stereocenters. The summed E-state index contributed by atoms with van der Waals surface area (Å²) in [7, 11) is 1.53. The number of carbonyl (C=O) groups excluding carboxylic acids is 1. The summed E-state index contributed by atoms with van der Waals surface area (Å²) < 4.78 is 11.9. The number of carbonyl (C=O) groups is 1. The van der Waals surface area contributed by atoms with Crippen LogP contribution < -0.4 is 10.3 Å². The number of aromatic nitrogens is 1. The molecule has 128 valence electrons. The van der Waals surface area contributed by atoms with Crippen LogP contribution in [0.3, 0.4) is 0 Å². The standard InChI is InChI=1S/C19H17NO5/c1-3-24-19(23)16-17(21)14-10-9-13(11-15(14)20(2)18(16)22)25-12-7-5-4-6-8-12/h4-11,21H,3H2,1-2H3. The molecular weight excluding hydrogens is 322 g/mol. The van der Waals surface area contributed by atoms with Gasteiger partial charge in [-0.05, 0) is 31.2 Å². The lowest BCUT2D eigenvalue weighted by Gasteiger charge is -2.13. The first kappa shape index (κ1) is 16.6. The number of hydrogen-bond acceptors (Lipinski definition) is 5. The van der Waals surface area contributed by atoms with Gasteiger partial charge < -0.3 is 19.1 Å². The number of aryl methyl sites for hydroxylation is 1. The van der Waals surface area contributed by atoms with Gasteiger partial charge in [-0.2, -0.15) is 0 Å². The van der Waals surface area contributed by atoms with Crippen LogP contribution in [-0.2, 0) is 11.8 Å². The van der Waals surface area contributed by atoms with Gasteiger partial charge >= 0.3 is 5.97 Å². The van der Waals surface area contributed by atoms with Crippen LogP contribution in [0.5, 0.6) is 17.2 Å². The fourth-order valence-electron chi connectivity index (χ4n) is 2.58. The Labute approximate surface area is 143 Å². The molecule has 0 unspecified atom stereocenters. The normalized spacial score (nSPS) is 10.6. The van der Waals surface area contributed by atoms with E-state index in [0.717, 1.165) is 0 Å². The first-order valence-electron chi connectivity index (χ1n) is 7.78. The number of nitrogens with zero attached hydrogens (tertiary/aromatic N) is 1. The molecule has 1 N–H and O–H groups in total. The Morgan fingerprint density at radius 3 is 2.52 bits per heavy atom. The molecule has 3 rings (SSSR count). The molecule has 1 aromatic heterocycles. The smallest absolute Gasteiger partial charge is 0.347 e. The summed E-state index contributed by atoms with van der Waals surface area (Å²) in [5, 5.41) is 10.7. The second-order valence-electron chi connectivity index (χ2n) is 5.40. The van der Waals surface area contributed by atoms with Gasteiger partial charge in [0.1, 0.15) is 17.2 Å². The van der Waals surface area contributed by atoms with Crippen LogP contribution in [0.15, 0.2) is 53.3 Å². The third-order valence-electron chi connectivity index (χ3n) is 3.80. The molecule has 0 aliphatic carbocycles. The highest BCUT2D eigenvalue weighted by Crippen LogP contribution is 2.31. The number of ether oxygens (including phenoxy) is 2. The maximum absolute atomic E-state index is 12.5. The molecule has 0 amide bonds. The van der Waals surface area contributed by atoms with E-state index in [1.165, 1.54) is 11.6 Å². The van der Waals surface area contributed by atoms with Crippen molar-refractivity contribution in [1.82, 2.24) is 4.57 Å². The minimum atomic E-state index is -0.841. The predicted octanol–water partition coefficient (Wildman–Crippen LogP) is 3.21. The average Bonchev–Trinajstić information content (AvgIpc) is 2.61. The highest BCUT2D eigenvalue weighted by Gasteiger charge is 2.22. The van der Waals surface area contributed by atoms with Gasteiger partial charge in [-0.15, -0.1) is 0 Å². The number of rotatable bonds is 4. The van der Waals surface area contributed by atoms with E-state index in [1.54, 1.807) is 25.1 Å². The molecule has 0 radical (unpaired) electrons. The maximum atomic E-state index is 12.5. The van der Waals surface area contributed by atoms with Crippen molar-refractivity contribution in [2.75, 3.05) is 6.61 Å². The Kier molecular flexibility index (Phi) is 4.43. The molecule has 6 nitrogen and oxygen atoms in total. The molecule has 0 bridgehead atoms. The van der Waals surface area contributed by atoms with Gasteiger partial charge in [0.25, 0.3) is 5.56 Å². The third-order valence-corrected chi connectivity index (χ3v) is 3.80. The molecule has 0 saturated heterocycles. The molecule has 0 fully saturated rings. The van der Waals surface area contributed by atoms with Gasteiger partial charge in [0.05, 0.1) is 12.1 Å². The lowest BCUT2D eigenvalue weighted by molar-refractivity contribution is 0.0520. The van der Waals surface area contributed by atoms with Crippen molar-refractivity contribution < 1.29 is 19.4 Å². The van der Waals surface area contributed by atoms with Gasteiger partial charge in [-0.3, -0.25) is 4.79 Å². The van der Waals surface area contributed by atoms with Crippen LogP contribution in [0.2, 0.25) is 0 Å². The van der Waals surface area contributed by atoms with Crippen LogP contribution >= 0.6 is 0 Å². The van der Waals surface area contributed by atoms with Crippen molar-refractivity contribution in [1.29, 1.82) is 0 Å². The number of pyridine rings is 1. The SMILES string of the molecule is CCOC(=O)c1c(O)c2ccc(Oc3ccccc3)cc2n(C)c1=O. The first-order chi connectivity index (χ1) is 12.0. The topological polar surface area (TPSA) is 77.8 Å². The van der Waals surface area contributed by atoms with E-state index in [1.807, 2.05) is 30.3 Å². The first-order valence-corrected chi connectivity index (χ1v) is 7.78. The van der Waals surface area contributed by atoms with Crippen molar-refractivity contribution in [3.05, 3.63) is 64.4 Å². The second kappa shape index (κ2) is 6.68. The fraction of sp³-hybridized carbons (Fsp3) is 0.158. The van der Waals surface area contributed by atoms with Crippen LogP contribution in [0, 0.1) is 0 Å². The van der Waals surface area contributed by atoms with Gasteiger partial charge in [0, 0.05) is 18.5 Å². The van der Waals surface area contributed by atoms with Crippen molar-refractivity contribution in [2.45, 2.75) is 6.92 Å². The maximum Gasteiger partial charge on any atom is 0.347 e. The molecular formula is C19H17NO5. The van der Waals surface area contributed by atoms with E-state index in [0.29, 0.717) is 22.4 Å². The minimum Gasteiger partial charge on any atom is -0.506 e. The quantitative estimate of drug-likeness (QED) is 0.739. The van der Waals surface area contributed by atoms with E-state index >= 15 is 0 Å². The summed E-state index contributed by atoms with van der Waals surface area (Å²) in [5.74, 6) is -0.0638. The zero-order valence-electron chi connectivity index (χ0n) is 13.9. The number of fused-ring (bicyclic) bond motifs is 1. The fourth-order valence-corrected chi connectivity index (χ4v) is 2.58. The summed E-state index contributed by atoms with van der Waals surface area (Å²) >= 11 is 0. The van der Waals surface area contributed by atoms with Crippen LogP contribution in [-0.4, -0.2) is 22.2 Å². The van der Waals surface area contributed by atoms with E-state index < -0.39 is 11.5 Å². The van der Waals surface area contributed by atoms with Crippen molar-refractivity contribution in [2.24, 2.45) is 7.05 Å². The van der Waals surface area contributed by atoms with Gasteiger partial charge in [-0.25, -0.2) is 4.79 Å². The Hall–Kier alpha value is -3.28. The summed E-state index contributed by atoms with van der Waals surface area (Å²) in [4.78, 5) is 24.4. The third kappa shape index (κ3) is 3.06. The minimum absolute atomic E-state index is 0.114. The van der Waals surface area contributed by atoms with Gasteiger partial charge in [0.2, 0.25) is 0 Å². The Morgan fingerprint density at radius 1 is 1.12 bits per heavy atom. The highest BCUT2D eigenvalue weighted by molar-refractivity contribution is 5.99. The van der Waals surface area contributed by atoms with Crippen LogP contribution in [0.1, 0.15) is 17.3 Å². The molecule has 25 heavy (non-hydrogen) atoms. The van der Waals surface area contributed by atoms with E-state index in [9.17, 15) is 14.7 Å². The zero-order chi connectivity index (χ0) is 18.0. The zero-order valence-corrected chi connectivity index (χ0v) is 13.9. The average molecular weight is 339 g/mol. The van der Waals surface area contributed by atoms with Crippen molar-refractivity contribution >= 4 is 16.9 Å². The summed E-state index contributed by atoms with van der Waals surface area (Å²) in [6.07, 6.45) is 0. The van der Waals surface area contributed by atoms with E-state index in [-0.39, 0.29) is 17.9 Å². The lowest BCUT2D eigenvalue weighted by Crippen LogP contribution is -2.26. The molecule has 3 aromatic rings. The lowest BCUT2D eigenvalue weighted by atomic mass is 10.1. The summed E-state index contributed by atoms with van der Waals surface area (Å²) in [5.41, 5.74) is -0.544. The Morgan fingerprint density at radius 2 is 1.84 bits per heavy atom. The molecule has 0 aliphatic rings. The molecule has 2 aromatic carbocycles. The number of benzene rings is 2. The highest BCUT2D eigenvalue weighted by atomic mass is 16.5. The summed E-state index contributed by atoms with van der Waals surface area (Å²) in [6, 6.07) is 14.1. The number of esters is 1. The van der Waals surface area contributed by atoms with Crippen LogP contribution in [0.4, 0.5) is 0 Å². The number of para-hydroxylation sites is 1. The second-order valence-corrected chi connectivity index (χ2v) is 5.40. The molecule has 0 spiro atoms. The van der Waals surface area contributed by atoms with Crippen molar-refractivity contribution in [3.63, 3.8) is 0 Å². The van der Waals surface area contributed by atoms with Crippen molar-refractivity contribution in [3.8, 4) is 17.2 Å². The van der Waals surface area contributed by atoms with Gasteiger partial charge in [0.15, 0.2) is 5.56 Å². The Bertz CT molecular complexity index is 992. The monoisotopic (exact) mass is 339 g/mol. The Balaban J connectivity index is 2.12. The van der Waals surface area contributed by atoms with E-state index in [4.69, 9.17) is 9.47 Å². The van der Waals surface area contributed by atoms with E-state index in [2.05, 4.69) is 0 Å². The molecule has 1 heterocycles. The molecule has 0 aliphatic heterocycles. The largest absolute Gasteiger partial charge is 0.506 e. The summed E-state index contributed by atoms with van der Waals surface area (Å²) in [6.45, 7) is 1.75.